The lowest BCUT2D eigenvalue weighted by molar-refractivity contribution is -0.113. The second-order valence-corrected chi connectivity index (χ2v) is 5.11. The van der Waals surface area contributed by atoms with Crippen LogP contribution in [0.15, 0.2) is 29.2 Å². The molecular weight excluding hydrogens is 240 g/mol. The van der Waals surface area contributed by atoms with Crippen molar-refractivity contribution >= 4 is 35.1 Å². The average Bonchev–Trinajstić information content (AvgIpc) is 2.29. The molecule has 0 spiro atoms. The third-order valence-corrected chi connectivity index (χ3v) is 3.56. The molecular formula is C11H16N2OS2. The van der Waals surface area contributed by atoms with Crippen LogP contribution < -0.4 is 11.1 Å². The van der Waals surface area contributed by atoms with Crippen molar-refractivity contribution in [3.63, 3.8) is 0 Å². The van der Waals surface area contributed by atoms with Gasteiger partial charge in [0.1, 0.15) is 0 Å². The Labute approximate surface area is 105 Å². The molecule has 0 saturated heterocycles. The Hall–Kier alpha value is -0.650. The molecule has 0 heterocycles. The zero-order chi connectivity index (χ0) is 11.8. The number of carbonyl (C=O) groups is 1. The van der Waals surface area contributed by atoms with Gasteiger partial charge in [0.2, 0.25) is 5.91 Å². The molecule has 1 aromatic rings. The topological polar surface area (TPSA) is 55.1 Å². The van der Waals surface area contributed by atoms with Gasteiger partial charge in [-0.3, -0.25) is 4.79 Å². The number of carbonyl (C=O) groups excluding carboxylic acids is 1. The molecule has 1 amide bonds. The van der Waals surface area contributed by atoms with Gasteiger partial charge in [-0.05, 0) is 24.5 Å². The first kappa shape index (κ1) is 13.4. The highest BCUT2D eigenvalue weighted by Crippen LogP contribution is 2.19. The van der Waals surface area contributed by atoms with E-state index in [-0.39, 0.29) is 5.91 Å². The standard InChI is InChI=1S/C11H16N2OS2/c1-15-10-4-2-3-9(7-10)13-11(14)8-16-6-5-12/h2-4,7H,5-6,8,12H2,1H3,(H,13,14). The molecule has 0 aromatic heterocycles. The maximum Gasteiger partial charge on any atom is 0.234 e. The minimum absolute atomic E-state index is 0.0247. The molecule has 88 valence electrons. The molecule has 0 fully saturated rings. The minimum atomic E-state index is 0.0247. The maximum absolute atomic E-state index is 11.5. The molecule has 0 aliphatic rings. The second kappa shape index (κ2) is 7.60. The molecule has 3 N–H and O–H groups in total. The van der Waals surface area contributed by atoms with Crippen molar-refractivity contribution in [3.8, 4) is 0 Å². The summed E-state index contributed by atoms with van der Waals surface area (Å²) in [5, 5.41) is 2.86. The van der Waals surface area contributed by atoms with E-state index in [4.69, 9.17) is 5.73 Å². The van der Waals surface area contributed by atoms with Crippen LogP contribution in [0.1, 0.15) is 0 Å². The summed E-state index contributed by atoms with van der Waals surface area (Å²) in [7, 11) is 0. The summed E-state index contributed by atoms with van der Waals surface area (Å²) in [5.74, 6) is 1.30. The lowest BCUT2D eigenvalue weighted by Gasteiger charge is -2.05. The van der Waals surface area contributed by atoms with Crippen molar-refractivity contribution in [2.75, 3.05) is 29.6 Å². The SMILES string of the molecule is CSc1cccc(NC(=O)CSCCN)c1. The molecule has 0 aliphatic carbocycles. The second-order valence-electron chi connectivity index (χ2n) is 3.12. The molecule has 1 aromatic carbocycles. The van der Waals surface area contributed by atoms with Gasteiger partial charge in [-0.15, -0.1) is 11.8 Å². The van der Waals surface area contributed by atoms with Crippen LogP contribution in [0.5, 0.6) is 0 Å². The Balaban J connectivity index is 2.43. The van der Waals surface area contributed by atoms with Gasteiger partial charge in [-0.2, -0.15) is 11.8 Å². The summed E-state index contributed by atoms with van der Waals surface area (Å²) in [6, 6.07) is 7.82. The number of anilines is 1. The monoisotopic (exact) mass is 256 g/mol. The predicted octanol–water partition coefficient (Wildman–Crippen LogP) is 2.04. The zero-order valence-electron chi connectivity index (χ0n) is 9.23. The smallest absolute Gasteiger partial charge is 0.234 e. The van der Waals surface area contributed by atoms with Gasteiger partial charge in [0.25, 0.3) is 0 Å². The fourth-order valence-corrected chi connectivity index (χ4v) is 2.17. The van der Waals surface area contributed by atoms with Crippen LogP contribution >= 0.6 is 23.5 Å². The lowest BCUT2D eigenvalue weighted by atomic mass is 10.3. The number of hydrogen-bond acceptors (Lipinski definition) is 4. The molecule has 16 heavy (non-hydrogen) atoms. The highest BCUT2D eigenvalue weighted by atomic mass is 32.2. The Bertz CT molecular complexity index is 345. The summed E-state index contributed by atoms with van der Waals surface area (Å²) in [5.41, 5.74) is 6.20. The number of amides is 1. The predicted molar refractivity (Wildman–Crippen MR) is 73.2 cm³/mol. The van der Waals surface area contributed by atoms with E-state index in [9.17, 15) is 4.79 Å². The fourth-order valence-electron chi connectivity index (χ4n) is 1.15. The van der Waals surface area contributed by atoms with E-state index in [0.717, 1.165) is 16.3 Å². The van der Waals surface area contributed by atoms with Crippen LogP contribution in [-0.4, -0.2) is 30.2 Å². The van der Waals surface area contributed by atoms with Crippen LogP contribution in [0.25, 0.3) is 0 Å². The van der Waals surface area contributed by atoms with E-state index in [0.29, 0.717) is 12.3 Å². The number of nitrogens with one attached hydrogen (secondary N) is 1. The fraction of sp³-hybridized carbons (Fsp3) is 0.364. The molecule has 5 heteroatoms. The van der Waals surface area contributed by atoms with Crippen LogP contribution in [-0.2, 0) is 4.79 Å². The summed E-state index contributed by atoms with van der Waals surface area (Å²) in [6.07, 6.45) is 2.01. The third-order valence-electron chi connectivity index (χ3n) is 1.85. The number of hydrogen-bond donors (Lipinski definition) is 2. The first-order chi connectivity index (χ1) is 7.76. The van der Waals surface area contributed by atoms with E-state index in [2.05, 4.69) is 5.32 Å². The lowest BCUT2D eigenvalue weighted by Crippen LogP contribution is -2.15. The van der Waals surface area contributed by atoms with Crippen molar-refractivity contribution in [2.24, 2.45) is 5.73 Å². The first-order valence-corrected chi connectivity index (χ1v) is 7.36. The van der Waals surface area contributed by atoms with E-state index < -0.39 is 0 Å². The Kier molecular flexibility index (Phi) is 6.37. The first-order valence-electron chi connectivity index (χ1n) is 4.98. The molecule has 0 bridgehead atoms. The quantitative estimate of drug-likeness (QED) is 0.604. The summed E-state index contributed by atoms with van der Waals surface area (Å²) in [6.45, 7) is 0.611. The summed E-state index contributed by atoms with van der Waals surface area (Å²) >= 11 is 3.21. The molecule has 0 radical (unpaired) electrons. The van der Waals surface area contributed by atoms with E-state index in [1.165, 1.54) is 0 Å². The molecule has 0 aliphatic heterocycles. The van der Waals surface area contributed by atoms with Crippen molar-refractivity contribution in [2.45, 2.75) is 4.90 Å². The summed E-state index contributed by atoms with van der Waals surface area (Å²) in [4.78, 5) is 12.7. The Morgan fingerprint density at radius 1 is 1.50 bits per heavy atom. The van der Waals surface area contributed by atoms with Gasteiger partial charge in [-0.25, -0.2) is 0 Å². The average molecular weight is 256 g/mol. The van der Waals surface area contributed by atoms with Crippen LogP contribution in [0.2, 0.25) is 0 Å². The van der Waals surface area contributed by atoms with E-state index in [1.54, 1.807) is 23.5 Å². The van der Waals surface area contributed by atoms with E-state index >= 15 is 0 Å². The third kappa shape index (κ3) is 4.92. The van der Waals surface area contributed by atoms with Gasteiger partial charge in [0.05, 0.1) is 5.75 Å². The Morgan fingerprint density at radius 2 is 2.31 bits per heavy atom. The largest absolute Gasteiger partial charge is 0.330 e. The maximum atomic E-state index is 11.5. The van der Waals surface area contributed by atoms with Gasteiger partial charge in [-0.1, -0.05) is 6.07 Å². The number of nitrogens with two attached hydrogens (primary N) is 1. The van der Waals surface area contributed by atoms with Gasteiger partial charge < -0.3 is 11.1 Å². The van der Waals surface area contributed by atoms with Crippen LogP contribution in [0.3, 0.4) is 0 Å². The van der Waals surface area contributed by atoms with Crippen molar-refractivity contribution in [1.29, 1.82) is 0 Å². The normalized spacial score (nSPS) is 10.1. The molecule has 1 rings (SSSR count). The van der Waals surface area contributed by atoms with E-state index in [1.807, 2.05) is 30.5 Å². The van der Waals surface area contributed by atoms with Crippen molar-refractivity contribution in [1.82, 2.24) is 0 Å². The van der Waals surface area contributed by atoms with Gasteiger partial charge in [0.15, 0.2) is 0 Å². The van der Waals surface area contributed by atoms with Crippen LogP contribution in [0, 0.1) is 0 Å². The van der Waals surface area contributed by atoms with Crippen LogP contribution in [0.4, 0.5) is 5.69 Å². The summed E-state index contributed by atoms with van der Waals surface area (Å²) < 4.78 is 0. The minimum Gasteiger partial charge on any atom is -0.330 e. The van der Waals surface area contributed by atoms with Crippen molar-refractivity contribution < 1.29 is 4.79 Å². The number of rotatable bonds is 6. The van der Waals surface area contributed by atoms with Gasteiger partial charge in [0, 0.05) is 22.9 Å². The highest BCUT2D eigenvalue weighted by Gasteiger charge is 2.02. The highest BCUT2D eigenvalue weighted by molar-refractivity contribution is 8.00. The molecule has 3 nitrogen and oxygen atoms in total. The molecule has 0 unspecified atom stereocenters. The number of thioether (sulfide) groups is 2. The zero-order valence-corrected chi connectivity index (χ0v) is 10.9. The molecule has 0 saturated carbocycles. The Morgan fingerprint density at radius 3 is 3.00 bits per heavy atom. The molecule has 0 atom stereocenters. The number of benzene rings is 1. The van der Waals surface area contributed by atoms with Gasteiger partial charge >= 0.3 is 0 Å². The van der Waals surface area contributed by atoms with Crippen molar-refractivity contribution in [3.05, 3.63) is 24.3 Å².